The van der Waals surface area contributed by atoms with Crippen LogP contribution in [0, 0.1) is 5.82 Å². The van der Waals surface area contributed by atoms with Crippen molar-refractivity contribution in [2.75, 3.05) is 0 Å². The van der Waals surface area contributed by atoms with Gasteiger partial charge in [0.25, 0.3) is 0 Å². The molecule has 3 rings (SSSR count). The maximum absolute atomic E-state index is 14.1. The molecule has 3 aromatic rings. The zero-order valence-corrected chi connectivity index (χ0v) is 13.4. The molecule has 0 spiro atoms. The minimum absolute atomic E-state index is 0.307. The van der Waals surface area contributed by atoms with Crippen molar-refractivity contribution < 1.29 is 4.39 Å². The van der Waals surface area contributed by atoms with E-state index in [2.05, 4.69) is 20.9 Å². The predicted octanol–water partition coefficient (Wildman–Crippen LogP) is 5.66. The largest absolute Gasteiger partial charge is 0.253 e. The molecular weight excluding hydrogens is 353 g/mol. The lowest BCUT2D eigenvalue weighted by molar-refractivity contribution is 0.598. The minimum Gasteiger partial charge on any atom is -0.253 e. The van der Waals surface area contributed by atoms with Gasteiger partial charge in [-0.2, -0.15) is 0 Å². The topological polar surface area (TPSA) is 12.9 Å². The Morgan fingerprint density at radius 1 is 1.05 bits per heavy atom. The average Bonchev–Trinajstić information content (AvgIpc) is 2.50. The van der Waals surface area contributed by atoms with E-state index in [1.54, 1.807) is 18.2 Å². The highest BCUT2D eigenvalue weighted by atomic mass is 79.9. The Morgan fingerprint density at radius 2 is 1.86 bits per heavy atom. The first-order valence-electron chi connectivity index (χ1n) is 6.58. The number of hydrogen-bond donors (Lipinski definition) is 0. The third-order valence-corrected chi connectivity index (χ3v) is 4.37. The van der Waals surface area contributed by atoms with Gasteiger partial charge in [-0.15, -0.1) is 11.6 Å². The summed E-state index contributed by atoms with van der Waals surface area (Å²) in [6.07, 6.45) is 0.486. The van der Waals surface area contributed by atoms with Crippen molar-refractivity contribution in [3.8, 4) is 0 Å². The molecule has 4 heteroatoms. The van der Waals surface area contributed by atoms with Gasteiger partial charge in [0.15, 0.2) is 0 Å². The molecule has 0 aliphatic carbocycles. The molecule has 0 bridgehead atoms. The molecule has 0 radical (unpaired) electrons. The number of alkyl halides is 1. The Morgan fingerprint density at radius 3 is 2.71 bits per heavy atom. The second-order valence-corrected chi connectivity index (χ2v) is 6.19. The molecule has 1 aromatic heterocycles. The van der Waals surface area contributed by atoms with Crippen LogP contribution in [0.15, 0.2) is 59.1 Å². The van der Waals surface area contributed by atoms with Crippen LogP contribution >= 0.6 is 27.5 Å². The number of nitrogens with zero attached hydrogens (tertiary/aromatic N) is 1. The Kier molecular flexibility index (Phi) is 4.22. The maximum Gasteiger partial charge on any atom is 0.142 e. The van der Waals surface area contributed by atoms with Crippen LogP contribution in [0.4, 0.5) is 4.39 Å². The number of hydrogen-bond acceptors (Lipinski definition) is 1. The molecule has 0 saturated heterocycles. The van der Waals surface area contributed by atoms with E-state index in [9.17, 15) is 4.39 Å². The van der Waals surface area contributed by atoms with Gasteiger partial charge in [-0.3, -0.25) is 4.98 Å². The van der Waals surface area contributed by atoms with E-state index in [1.165, 1.54) is 0 Å². The van der Waals surface area contributed by atoms with Gasteiger partial charge in [0.1, 0.15) is 5.82 Å². The van der Waals surface area contributed by atoms with E-state index < -0.39 is 5.38 Å². The summed E-state index contributed by atoms with van der Waals surface area (Å²) in [5, 5.41) is 0.636. The van der Waals surface area contributed by atoms with Crippen molar-refractivity contribution in [2.24, 2.45) is 0 Å². The summed E-state index contributed by atoms with van der Waals surface area (Å²) in [6, 6.07) is 17.0. The summed E-state index contributed by atoms with van der Waals surface area (Å²) in [6.45, 7) is 0. The second kappa shape index (κ2) is 6.12. The molecule has 1 heterocycles. The van der Waals surface area contributed by atoms with Crippen LogP contribution in [0.25, 0.3) is 10.9 Å². The van der Waals surface area contributed by atoms with Gasteiger partial charge in [0.05, 0.1) is 15.4 Å². The lowest BCUT2D eigenvalue weighted by Gasteiger charge is -2.12. The van der Waals surface area contributed by atoms with Crippen LogP contribution in [0.2, 0.25) is 0 Å². The van der Waals surface area contributed by atoms with E-state index in [1.807, 2.05) is 36.4 Å². The monoisotopic (exact) mass is 363 g/mol. The van der Waals surface area contributed by atoms with Crippen molar-refractivity contribution in [2.45, 2.75) is 11.8 Å². The predicted molar refractivity (Wildman–Crippen MR) is 88.1 cm³/mol. The second-order valence-electron chi connectivity index (χ2n) is 4.81. The van der Waals surface area contributed by atoms with Crippen LogP contribution in [0.1, 0.15) is 16.6 Å². The van der Waals surface area contributed by atoms with Crippen molar-refractivity contribution in [3.05, 3.63) is 76.1 Å². The smallest absolute Gasteiger partial charge is 0.142 e. The molecule has 0 N–H and O–H groups in total. The number of fused-ring (bicyclic) bond motifs is 1. The van der Waals surface area contributed by atoms with Crippen LogP contribution in [-0.2, 0) is 6.42 Å². The molecule has 0 amide bonds. The van der Waals surface area contributed by atoms with Crippen molar-refractivity contribution in [3.63, 3.8) is 0 Å². The molecule has 0 aliphatic rings. The van der Waals surface area contributed by atoms with E-state index in [0.29, 0.717) is 16.5 Å². The van der Waals surface area contributed by atoms with Crippen molar-refractivity contribution >= 4 is 38.4 Å². The van der Waals surface area contributed by atoms with Gasteiger partial charge in [-0.25, -0.2) is 4.39 Å². The first kappa shape index (κ1) is 14.5. The minimum atomic E-state index is -0.448. The number of para-hydroxylation sites is 1. The zero-order chi connectivity index (χ0) is 14.8. The third-order valence-electron chi connectivity index (χ3n) is 3.36. The van der Waals surface area contributed by atoms with Crippen molar-refractivity contribution in [1.82, 2.24) is 4.98 Å². The zero-order valence-electron chi connectivity index (χ0n) is 11.1. The van der Waals surface area contributed by atoms with Crippen LogP contribution < -0.4 is 0 Å². The maximum atomic E-state index is 14.1. The molecule has 21 heavy (non-hydrogen) atoms. The lowest BCUT2D eigenvalue weighted by atomic mass is 10.1. The summed E-state index contributed by atoms with van der Waals surface area (Å²) in [4.78, 5) is 4.57. The van der Waals surface area contributed by atoms with Crippen LogP contribution in [0.5, 0.6) is 0 Å². The van der Waals surface area contributed by atoms with Gasteiger partial charge in [-0.1, -0.05) is 36.4 Å². The van der Waals surface area contributed by atoms with Crippen LogP contribution in [-0.4, -0.2) is 4.98 Å². The first-order chi connectivity index (χ1) is 10.1. The van der Waals surface area contributed by atoms with Gasteiger partial charge in [0, 0.05) is 23.1 Å². The fourth-order valence-corrected chi connectivity index (χ4v) is 2.99. The van der Waals surface area contributed by atoms with Gasteiger partial charge >= 0.3 is 0 Å². The van der Waals surface area contributed by atoms with E-state index >= 15 is 0 Å². The highest BCUT2D eigenvalue weighted by Gasteiger charge is 2.16. The highest BCUT2D eigenvalue weighted by Crippen LogP contribution is 2.30. The Hall–Kier alpha value is -1.45. The molecule has 0 saturated carbocycles. The van der Waals surface area contributed by atoms with Crippen LogP contribution in [0.3, 0.4) is 0 Å². The molecular formula is C17H12BrClFN. The Bertz CT molecular complexity index is 791. The normalized spacial score (nSPS) is 12.5. The summed E-state index contributed by atoms with van der Waals surface area (Å²) in [5.74, 6) is -0.307. The number of aromatic nitrogens is 1. The molecule has 1 unspecified atom stereocenters. The number of halogens is 3. The fraction of sp³-hybridized carbons (Fsp3) is 0.118. The SMILES string of the molecule is Fc1c(Br)cccc1C(Cl)Cc1ccc2ccccc2n1. The number of pyridine rings is 1. The summed E-state index contributed by atoms with van der Waals surface area (Å²) >= 11 is 9.55. The average molecular weight is 365 g/mol. The summed E-state index contributed by atoms with van der Waals surface area (Å²) in [7, 11) is 0. The lowest BCUT2D eigenvalue weighted by Crippen LogP contribution is -2.01. The Balaban J connectivity index is 1.89. The molecule has 1 atom stereocenters. The molecule has 1 nitrogen and oxygen atoms in total. The number of benzene rings is 2. The van der Waals surface area contributed by atoms with E-state index in [0.717, 1.165) is 16.6 Å². The molecule has 2 aromatic carbocycles. The standard InChI is InChI=1S/C17H12BrClFN/c18-14-6-3-5-13(17(14)20)15(19)10-12-9-8-11-4-1-2-7-16(11)21-12/h1-9,15H,10H2. The quantitative estimate of drug-likeness (QED) is 0.547. The van der Waals surface area contributed by atoms with Gasteiger partial charge in [-0.05, 0) is 34.1 Å². The summed E-state index contributed by atoms with van der Waals surface area (Å²) in [5.41, 5.74) is 2.27. The third kappa shape index (κ3) is 3.09. The molecule has 106 valence electrons. The van der Waals surface area contributed by atoms with E-state index in [4.69, 9.17) is 11.6 Å². The first-order valence-corrected chi connectivity index (χ1v) is 7.81. The van der Waals surface area contributed by atoms with Gasteiger partial charge < -0.3 is 0 Å². The fourth-order valence-electron chi connectivity index (χ4n) is 2.28. The van der Waals surface area contributed by atoms with Crippen molar-refractivity contribution in [1.29, 1.82) is 0 Å². The highest BCUT2D eigenvalue weighted by molar-refractivity contribution is 9.10. The Labute approximate surface area is 135 Å². The number of rotatable bonds is 3. The molecule has 0 fully saturated rings. The summed E-state index contributed by atoms with van der Waals surface area (Å²) < 4.78 is 14.5. The molecule has 0 aliphatic heterocycles. The van der Waals surface area contributed by atoms with Gasteiger partial charge in [0.2, 0.25) is 0 Å². The van der Waals surface area contributed by atoms with E-state index in [-0.39, 0.29) is 5.82 Å².